The Bertz CT molecular complexity index is 465. The lowest BCUT2D eigenvalue weighted by Crippen LogP contribution is -2.36. The molecule has 196 valence electrons. The van der Waals surface area contributed by atoms with E-state index in [2.05, 4.69) is 19.1 Å². The van der Waals surface area contributed by atoms with Crippen LogP contribution in [0, 0.1) is 5.92 Å². The maximum absolute atomic E-state index is 10.4. The van der Waals surface area contributed by atoms with Crippen LogP contribution in [-0.4, -0.2) is 28.2 Å². The Labute approximate surface area is 204 Å². The van der Waals surface area contributed by atoms with Gasteiger partial charge in [0.05, 0.1) is 0 Å². The second-order valence-electron chi connectivity index (χ2n) is 9.39. The van der Waals surface area contributed by atoms with Crippen molar-refractivity contribution in [2.24, 2.45) is 11.7 Å². The Kier molecular flexibility index (Phi) is 27.5. The van der Waals surface area contributed by atoms with Gasteiger partial charge in [-0.3, -0.25) is 9.59 Å². The van der Waals surface area contributed by atoms with Gasteiger partial charge < -0.3 is 15.9 Å². The maximum Gasteiger partial charge on any atom is 0.320 e. The third kappa shape index (κ3) is 28.6. The molecule has 0 heterocycles. The molecule has 0 fully saturated rings. The largest absolute Gasteiger partial charge is 0.481 e. The molecule has 0 aliphatic heterocycles. The fourth-order valence-corrected chi connectivity index (χ4v) is 3.55. The van der Waals surface area contributed by atoms with Crippen LogP contribution in [0.25, 0.3) is 0 Å². The highest BCUT2D eigenvalue weighted by Crippen LogP contribution is 2.12. The SMILES string of the molecule is CCCCCCCC/C=C\CCCCCCCCCCCC(=O)O.CC[C@H](C)[C@H](N)C(=O)O. The first-order valence-corrected chi connectivity index (χ1v) is 13.7. The molecular formula is C28H55NO4. The van der Waals surface area contributed by atoms with Crippen molar-refractivity contribution in [1.29, 1.82) is 0 Å². The molecule has 5 nitrogen and oxygen atoms in total. The molecule has 0 bridgehead atoms. The van der Waals surface area contributed by atoms with E-state index in [1.165, 1.54) is 96.3 Å². The van der Waals surface area contributed by atoms with Crippen LogP contribution in [0.1, 0.15) is 143 Å². The third-order valence-corrected chi connectivity index (χ3v) is 6.19. The van der Waals surface area contributed by atoms with E-state index in [0.717, 1.165) is 19.3 Å². The summed E-state index contributed by atoms with van der Waals surface area (Å²) in [5.74, 6) is -1.50. The van der Waals surface area contributed by atoms with Gasteiger partial charge in [0.2, 0.25) is 0 Å². The molecule has 0 spiro atoms. The first kappa shape index (κ1) is 33.8. The highest BCUT2D eigenvalue weighted by molar-refractivity contribution is 5.73. The molecule has 0 rings (SSSR count). The second kappa shape index (κ2) is 26.9. The minimum absolute atomic E-state index is 0.0718. The van der Waals surface area contributed by atoms with Crippen molar-refractivity contribution in [1.82, 2.24) is 0 Å². The van der Waals surface area contributed by atoms with Gasteiger partial charge >= 0.3 is 11.9 Å². The summed E-state index contributed by atoms with van der Waals surface area (Å²) in [5.41, 5.74) is 5.27. The van der Waals surface area contributed by atoms with Crippen molar-refractivity contribution < 1.29 is 19.8 Å². The van der Waals surface area contributed by atoms with Crippen molar-refractivity contribution in [2.75, 3.05) is 0 Å². The van der Waals surface area contributed by atoms with Crippen LogP contribution in [-0.2, 0) is 9.59 Å². The van der Waals surface area contributed by atoms with E-state index in [-0.39, 0.29) is 5.92 Å². The zero-order chi connectivity index (χ0) is 25.2. The van der Waals surface area contributed by atoms with E-state index in [4.69, 9.17) is 15.9 Å². The smallest absolute Gasteiger partial charge is 0.320 e. The average molecular weight is 470 g/mol. The third-order valence-electron chi connectivity index (χ3n) is 6.19. The number of unbranched alkanes of at least 4 members (excludes halogenated alkanes) is 15. The number of rotatable bonds is 22. The average Bonchev–Trinajstić information content (AvgIpc) is 2.79. The second-order valence-corrected chi connectivity index (χ2v) is 9.39. The number of carboxylic acids is 2. The Morgan fingerprint density at radius 2 is 1.09 bits per heavy atom. The Hall–Kier alpha value is -1.36. The van der Waals surface area contributed by atoms with Gasteiger partial charge in [-0.2, -0.15) is 0 Å². The lowest BCUT2D eigenvalue weighted by molar-refractivity contribution is -0.140. The van der Waals surface area contributed by atoms with Gasteiger partial charge in [0.1, 0.15) is 6.04 Å². The maximum atomic E-state index is 10.4. The van der Waals surface area contributed by atoms with E-state index in [9.17, 15) is 9.59 Å². The molecule has 0 saturated heterocycles. The van der Waals surface area contributed by atoms with Crippen LogP contribution >= 0.6 is 0 Å². The summed E-state index contributed by atoms with van der Waals surface area (Å²) in [6.45, 7) is 6.03. The summed E-state index contributed by atoms with van der Waals surface area (Å²) >= 11 is 0. The quantitative estimate of drug-likeness (QED) is 0.110. The molecule has 5 heteroatoms. The standard InChI is InChI=1S/C22H42O2.C6H13NO2/c1-2-3-4-5-6-7-8-9-10-11-12-13-14-15-16-17-18-19-20-21-22(23)24;1-3-4(2)5(7)6(8)9/h9-10H,2-8,11-21H2,1H3,(H,23,24);4-5H,3,7H2,1-2H3,(H,8,9)/b10-9-;/t;4-,5-/m.0/s1. The van der Waals surface area contributed by atoms with E-state index >= 15 is 0 Å². The Balaban J connectivity index is 0. The molecular weight excluding hydrogens is 414 g/mol. The van der Waals surface area contributed by atoms with Gasteiger partial charge in [0.15, 0.2) is 0 Å². The zero-order valence-electron chi connectivity index (χ0n) is 22.0. The van der Waals surface area contributed by atoms with E-state index < -0.39 is 18.0 Å². The number of hydrogen-bond donors (Lipinski definition) is 3. The van der Waals surface area contributed by atoms with Crippen LogP contribution < -0.4 is 5.73 Å². The monoisotopic (exact) mass is 469 g/mol. The summed E-state index contributed by atoms with van der Waals surface area (Å²) < 4.78 is 0. The Morgan fingerprint density at radius 1 is 0.697 bits per heavy atom. The molecule has 33 heavy (non-hydrogen) atoms. The highest BCUT2D eigenvalue weighted by atomic mass is 16.4. The van der Waals surface area contributed by atoms with Crippen LogP contribution in [0.2, 0.25) is 0 Å². The number of nitrogens with two attached hydrogens (primary N) is 1. The van der Waals surface area contributed by atoms with Crippen LogP contribution in [0.3, 0.4) is 0 Å². The number of carboxylic acid groups (broad SMARTS) is 2. The molecule has 0 saturated carbocycles. The summed E-state index contributed by atoms with van der Waals surface area (Å²) in [4.78, 5) is 20.6. The van der Waals surface area contributed by atoms with Crippen LogP contribution in [0.4, 0.5) is 0 Å². The summed E-state index contributed by atoms with van der Waals surface area (Å²) in [5, 5.41) is 16.9. The Morgan fingerprint density at radius 3 is 1.42 bits per heavy atom. The predicted octanol–water partition coefficient (Wildman–Crippen LogP) is 8.11. The first-order chi connectivity index (χ1) is 15.9. The molecule has 4 N–H and O–H groups in total. The summed E-state index contributed by atoms with van der Waals surface area (Å²) in [6, 6.07) is -0.699. The minimum Gasteiger partial charge on any atom is -0.481 e. The van der Waals surface area contributed by atoms with Crippen LogP contribution in [0.15, 0.2) is 12.2 Å². The lowest BCUT2D eigenvalue weighted by Gasteiger charge is -2.11. The number of allylic oxidation sites excluding steroid dienone is 2. The zero-order valence-corrected chi connectivity index (χ0v) is 22.0. The molecule has 0 unspecified atom stereocenters. The van der Waals surface area contributed by atoms with E-state index in [1.807, 2.05) is 13.8 Å². The van der Waals surface area contributed by atoms with Crippen LogP contribution in [0.5, 0.6) is 0 Å². The molecule has 0 aliphatic rings. The van der Waals surface area contributed by atoms with Gasteiger partial charge in [0, 0.05) is 6.42 Å². The van der Waals surface area contributed by atoms with Crippen molar-refractivity contribution in [2.45, 2.75) is 149 Å². The van der Waals surface area contributed by atoms with E-state index in [1.54, 1.807) is 0 Å². The van der Waals surface area contributed by atoms with Crippen molar-refractivity contribution in [3.63, 3.8) is 0 Å². The van der Waals surface area contributed by atoms with Gasteiger partial charge in [-0.1, -0.05) is 116 Å². The molecule has 0 aliphatic carbocycles. The summed E-state index contributed by atoms with van der Waals surface area (Å²) in [6.07, 6.45) is 27.9. The lowest BCUT2D eigenvalue weighted by atomic mass is 10.0. The van der Waals surface area contributed by atoms with E-state index in [0.29, 0.717) is 6.42 Å². The van der Waals surface area contributed by atoms with Gasteiger partial charge in [-0.25, -0.2) is 0 Å². The molecule has 0 aromatic rings. The predicted molar refractivity (Wildman–Crippen MR) is 141 cm³/mol. The molecule has 2 atom stereocenters. The first-order valence-electron chi connectivity index (χ1n) is 13.7. The van der Waals surface area contributed by atoms with Crippen molar-refractivity contribution in [3.8, 4) is 0 Å². The normalized spacial score (nSPS) is 12.8. The fourth-order valence-electron chi connectivity index (χ4n) is 3.55. The van der Waals surface area contributed by atoms with Gasteiger partial charge in [-0.05, 0) is 38.0 Å². The number of hydrogen-bond acceptors (Lipinski definition) is 3. The fraction of sp³-hybridized carbons (Fsp3) is 0.857. The van der Waals surface area contributed by atoms with Crippen molar-refractivity contribution in [3.05, 3.63) is 12.2 Å². The highest BCUT2D eigenvalue weighted by Gasteiger charge is 2.17. The summed E-state index contributed by atoms with van der Waals surface area (Å²) in [7, 11) is 0. The molecule has 0 aromatic heterocycles. The minimum atomic E-state index is -0.913. The molecule has 0 aromatic carbocycles. The van der Waals surface area contributed by atoms with Gasteiger partial charge in [0.25, 0.3) is 0 Å². The molecule has 0 radical (unpaired) electrons. The number of aliphatic carboxylic acids is 2. The van der Waals surface area contributed by atoms with Crippen molar-refractivity contribution >= 4 is 11.9 Å². The number of carbonyl (C=O) groups is 2. The topological polar surface area (TPSA) is 101 Å². The van der Waals surface area contributed by atoms with Gasteiger partial charge in [-0.15, -0.1) is 0 Å². The molecule has 0 amide bonds.